The Kier molecular flexibility index (Phi) is 3.34. The van der Waals surface area contributed by atoms with Crippen molar-refractivity contribution >= 4 is 15.8 Å². The summed E-state index contributed by atoms with van der Waals surface area (Å²) < 4.78 is 25.0. The maximum absolute atomic E-state index is 12.0. The number of nitrogens with zero attached hydrogens (tertiary/aromatic N) is 1. The summed E-state index contributed by atoms with van der Waals surface area (Å²) in [6, 6.07) is 0. The monoisotopic (exact) mass is 274 g/mol. The fourth-order valence-corrected chi connectivity index (χ4v) is 5.01. The van der Waals surface area contributed by atoms with Crippen LogP contribution < -0.4 is 0 Å². The third kappa shape index (κ3) is 3.37. The van der Waals surface area contributed by atoms with Gasteiger partial charge in [0.25, 0.3) is 0 Å². The molecular formula is C12H22N2O3S. The van der Waals surface area contributed by atoms with E-state index in [1.165, 1.54) is 0 Å². The van der Waals surface area contributed by atoms with Crippen LogP contribution in [-0.4, -0.2) is 45.4 Å². The molecule has 2 atom stereocenters. The number of fused-ring (bicyclic) bond motifs is 2. The van der Waals surface area contributed by atoms with Gasteiger partial charge in [0, 0.05) is 34.3 Å². The van der Waals surface area contributed by atoms with Gasteiger partial charge in [-0.1, -0.05) is 0 Å². The number of hydrogen-bond acceptors (Lipinski definition) is 4. The van der Waals surface area contributed by atoms with E-state index in [1.807, 2.05) is 20.8 Å². The summed E-state index contributed by atoms with van der Waals surface area (Å²) in [5.41, 5.74) is -0.480. The van der Waals surface area contributed by atoms with Crippen LogP contribution in [0.25, 0.3) is 0 Å². The van der Waals surface area contributed by atoms with Crippen LogP contribution in [0, 0.1) is 16.6 Å². The van der Waals surface area contributed by atoms with E-state index >= 15 is 0 Å². The lowest BCUT2D eigenvalue weighted by molar-refractivity contribution is 0.0116. The molecule has 2 aliphatic rings. The second-order valence-corrected chi connectivity index (χ2v) is 8.79. The summed E-state index contributed by atoms with van der Waals surface area (Å²) in [6.07, 6.45) is 0.713. The van der Waals surface area contributed by atoms with E-state index in [0.29, 0.717) is 24.6 Å². The van der Waals surface area contributed by atoms with Crippen LogP contribution in [0.15, 0.2) is 0 Å². The fraction of sp³-hybridized carbons (Fsp3) is 0.917. The predicted octanol–water partition coefficient (Wildman–Crippen LogP) is 1.92. The number of carbonyl (C=O) groups is 1. The van der Waals surface area contributed by atoms with E-state index in [0.717, 1.165) is 6.42 Å². The first kappa shape index (κ1) is 13.6. The molecule has 2 bridgehead atoms. The number of amides is 1. The van der Waals surface area contributed by atoms with Crippen molar-refractivity contribution in [3.63, 3.8) is 0 Å². The molecule has 2 unspecified atom stereocenters. The zero-order valence-corrected chi connectivity index (χ0v) is 12.1. The largest absolute Gasteiger partial charge is 0.444 e. The van der Waals surface area contributed by atoms with E-state index in [1.54, 1.807) is 4.90 Å². The SMILES string of the molecule is CC(C)(C)OC(=O)N1CC2CC(C1)CS(=N)(=O)C2. The smallest absolute Gasteiger partial charge is 0.410 e. The van der Waals surface area contributed by atoms with Gasteiger partial charge in [-0.15, -0.1) is 0 Å². The molecule has 6 heteroatoms. The molecular weight excluding hydrogens is 252 g/mol. The van der Waals surface area contributed by atoms with Crippen LogP contribution in [0.2, 0.25) is 0 Å². The molecule has 0 saturated carbocycles. The number of likely N-dealkylation sites (tertiary alicyclic amines) is 1. The predicted molar refractivity (Wildman–Crippen MR) is 70.0 cm³/mol. The topological polar surface area (TPSA) is 70.5 Å². The number of nitrogens with one attached hydrogen (secondary N) is 1. The maximum Gasteiger partial charge on any atom is 0.410 e. The Labute approximate surface area is 109 Å². The van der Waals surface area contributed by atoms with Crippen molar-refractivity contribution in [3.05, 3.63) is 0 Å². The summed E-state index contributed by atoms with van der Waals surface area (Å²) in [6.45, 7) is 6.73. The van der Waals surface area contributed by atoms with Gasteiger partial charge in [-0.05, 0) is 39.0 Å². The first-order valence-electron chi connectivity index (χ1n) is 6.37. The van der Waals surface area contributed by atoms with Gasteiger partial charge >= 0.3 is 6.09 Å². The lowest BCUT2D eigenvalue weighted by Crippen LogP contribution is -2.51. The number of rotatable bonds is 0. The maximum atomic E-state index is 12.0. The number of hydrogen-bond donors (Lipinski definition) is 1. The molecule has 2 saturated heterocycles. The normalized spacial score (nSPS) is 36.3. The van der Waals surface area contributed by atoms with Crippen LogP contribution in [0.3, 0.4) is 0 Å². The molecule has 0 aromatic carbocycles. The first-order valence-corrected chi connectivity index (χ1v) is 8.26. The Bertz CT molecular complexity index is 419. The standard InChI is InChI=1S/C12H22N2O3S/c1-12(2,3)17-11(15)14-5-9-4-10(6-14)8-18(13,16)7-9/h9-10,13H,4-8H2,1-3H3. The second kappa shape index (κ2) is 4.40. The van der Waals surface area contributed by atoms with Crippen molar-refractivity contribution in [2.24, 2.45) is 11.8 Å². The van der Waals surface area contributed by atoms with Gasteiger partial charge in [-0.25, -0.2) is 9.00 Å². The average molecular weight is 274 g/mol. The van der Waals surface area contributed by atoms with Crippen LogP contribution in [-0.2, 0) is 14.5 Å². The number of carbonyl (C=O) groups excluding carboxylic acids is 1. The van der Waals surface area contributed by atoms with Crippen LogP contribution in [0.5, 0.6) is 0 Å². The molecule has 0 aliphatic carbocycles. The molecule has 2 heterocycles. The highest BCUT2D eigenvalue weighted by Gasteiger charge is 2.38. The van der Waals surface area contributed by atoms with Crippen molar-refractivity contribution in [1.29, 1.82) is 4.78 Å². The first-order chi connectivity index (χ1) is 8.15. The van der Waals surface area contributed by atoms with Gasteiger partial charge in [0.05, 0.1) is 0 Å². The molecule has 1 amide bonds. The summed E-state index contributed by atoms with van der Waals surface area (Å²) in [4.78, 5) is 13.7. The average Bonchev–Trinajstić information content (AvgIpc) is 2.10. The van der Waals surface area contributed by atoms with Gasteiger partial charge in [-0.2, -0.15) is 0 Å². The minimum atomic E-state index is -2.41. The van der Waals surface area contributed by atoms with Crippen LogP contribution in [0.1, 0.15) is 27.2 Å². The Hall–Kier alpha value is -0.780. The second-order valence-electron chi connectivity index (χ2n) is 6.50. The van der Waals surface area contributed by atoms with Gasteiger partial charge in [0.1, 0.15) is 5.60 Å². The van der Waals surface area contributed by atoms with Gasteiger partial charge in [0.15, 0.2) is 0 Å². The highest BCUT2D eigenvalue weighted by molar-refractivity contribution is 7.92. The van der Waals surface area contributed by atoms with E-state index < -0.39 is 15.3 Å². The van der Waals surface area contributed by atoms with Crippen molar-refractivity contribution in [3.8, 4) is 0 Å². The van der Waals surface area contributed by atoms with E-state index in [2.05, 4.69) is 0 Å². The van der Waals surface area contributed by atoms with E-state index in [-0.39, 0.29) is 17.9 Å². The lowest BCUT2D eigenvalue weighted by Gasteiger charge is -2.41. The van der Waals surface area contributed by atoms with Crippen LogP contribution >= 0.6 is 0 Å². The number of ether oxygens (including phenoxy) is 1. The summed E-state index contributed by atoms with van der Waals surface area (Å²) in [5, 5.41) is 0. The minimum Gasteiger partial charge on any atom is -0.444 e. The molecule has 2 aliphatic heterocycles. The summed E-state index contributed by atoms with van der Waals surface area (Å²) in [5.74, 6) is 1.27. The van der Waals surface area contributed by atoms with Gasteiger partial charge in [0.2, 0.25) is 0 Å². The molecule has 0 spiro atoms. The van der Waals surface area contributed by atoms with Crippen LogP contribution in [0.4, 0.5) is 4.79 Å². The summed E-state index contributed by atoms with van der Waals surface area (Å²) in [7, 11) is -2.41. The molecule has 2 rings (SSSR count). The van der Waals surface area contributed by atoms with Crippen molar-refractivity contribution in [2.45, 2.75) is 32.8 Å². The molecule has 104 valence electrons. The molecule has 1 N–H and O–H groups in total. The van der Waals surface area contributed by atoms with Crippen molar-refractivity contribution in [2.75, 3.05) is 24.6 Å². The molecule has 0 radical (unpaired) electrons. The Morgan fingerprint density at radius 1 is 1.28 bits per heavy atom. The Balaban J connectivity index is 2.01. The third-order valence-electron chi connectivity index (χ3n) is 3.29. The third-order valence-corrected chi connectivity index (χ3v) is 5.31. The quantitative estimate of drug-likeness (QED) is 0.733. The van der Waals surface area contributed by atoms with Crippen molar-refractivity contribution < 1.29 is 13.7 Å². The zero-order valence-electron chi connectivity index (χ0n) is 11.3. The highest BCUT2D eigenvalue weighted by Crippen LogP contribution is 2.30. The molecule has 18 heavy (non-hydrogen) atoms. The summed E-state index contributed by atoms with van der Waals surface area (Å²) >= 11 is 0. The van der Waals surface area contributed by atoms with Crippen molar-refractivity contribution in [1.82, 2.24) is 4.90 Å². The fourth-order valence-electron chi connectivity index (χ4n) is 2.86. The van der Waals surface area contributed by atoms with E-state index in [4.69, 9.17) is 9.52 Å². The lowest BCUT2D eigenvalue weighted by atomic mass is 9.91. The Morgan fingerprint density at radius 3 is 2.22 bits per heavy atom. The highest BCUT2D eigenvalue weighted by atomic mass is 32.2. The van der Waals surface area contributed by atoms with Gasteiger partial charge in [-0.3, -0.25) is 4.78 Å². The molecule has 2 fully saturated rings. The van der Waals surface area contributed by atoms with Gasteiger partial charge < -0.3 is 9.64 Å². The minimum absolute atomic E-state index is 0.204. The molecule has 0 aromatic heterocycles. The molecule has 0 aromatic rings. The van der Waals surface area contributed by atoms with E-state index in [9.17, 15) is 9.00 Å². The Morgan fingerprint density at radius 2 is 1.78 bits per heavy atom. The molecule has 5 nitrogen and oxygen atoms in total. The number of piperidine rings is 1. The zero-order chi connectivity index (χ0) is 13.6.